The van der Waals surface area contributed by atoms with Crippen LogP contribution in [0, 0.1) is 0 Å². The fourth-order valence-corrected chi connectivity index (χ4v) is 2.71. The fourth-order valence-electron chi connectivity index (χ4n) is 2.12. The minimum absolute atomic E-state index is 0.195. The van der Waals surface area contributed by atoms with E-state index in [1.54, 1.807) is 19.1 Å². The molecule has 2 aromatic rings. The number of amides is 1. The van der Waals surface area contributed by atoms with Crippen LogP contribution in [0.1, 0.15) is 12.5 Å². The summed E-state index contributed by atoms with van der Waals surface area (Å²) >= 11 is 17.7. The van der Waals surface area contributed by atoms with Gasteiger partial charge in [-0.3, -0.25) is 4.79 Å². The van der Waals surface area contributed by atoms with Crippen LogP contribution in [0.2, 0.25) is 15.1 Å². The van der Waals surface area contributed by atoms with Crippen molar-refractivity contribution in [1.82, 2.24) is 5.43 Å². The lowest BCUT2D eigenvalue weighted by molar-refractivity contribution is -0.123. The lowest BCUT2D eigenvalue weighted by atomic mass is 10.1. The van der Waals surface area contributed by atoms with Crippen molar-refractivity contribution in [2.75, 3.05) is 13.4 Å². The molecule has 0 aromatic heterocycles. The number of carbonyl (C=O) groups excluding carboxylic acids is 1. The predicted octanol–water partition coefficient (Wildman–Crippen LogP) is 4.29. The first-order valence-corrected chi connectivity index (χ1v) is 8.58. The number of benzene rings is 2. The van der Waals surface area contributed by atoms with Gasteiger partial charge in [-0.25, -0.2) is 5.43 Å². The maximum Gasteiger partial charge on any atom is 0.277 e. The number of ether oxygens (including phenoxy) is 3. The highest BCUT2D eigenvalue weighted by molar-refractivity contribution is 6.43. The molecule has 1 aliphatic heterocycles. The summed E-state index contributed by atoms with van der Waals surface area (Å²) in [6, 6.07) is 8.29. The maximum atomic E-state index is 11.9. The summed E-state index contributed by atoms with van der Waals surface area (Å²) in [7, 11) is 0. The monoisotopic (exact) mass is 414 g/mol. The van der Waals surface area contributed by atoms with Crippen LogP contribution >= 0.6 is 34.8 Å². The van der Waals surface area contributed by atoms with Crippen LogP contribution in [0.3, 0.4) is 0 Å². The van der Waals surface area contributed by atoms with Crippen LogP contribution in [-0.4, -0.2) is 25.0 Å². The fraction of sp³-hybridized carbons (Fsp3) is 0.176. The molecule has 0 bridgehead atoms. The summed E-state index contributed by atoms with van der Waals surface area (Å²) in [6.45, 7) is 1.67. The van der Waals surface area contributed by atoms with Crippen LogP contribution in [0.25, 0.3) is 0 Å². The molecule has 0 radical (unpaired) electrons. The lowest BCUT2D eigenvalue weighted by Crippen LogP contribution is -2.25. The zero-order chi connectivity index (χ0) is 18.7. The lowest BCUT2D eigenvalue weighted by Gasteiger charge is -2.09. The second-order valence-corrected chi connectivity index (χ2v) is 6.51. The molecule has 0 spiro atoms. The highest BCUT2D eigenvalue weighted by Gasteiger charge is 2.14. The molecule has 3 rings (SSSR count). The number of carbonyl (C=O) groups is 1. The Kier molecular flexibility index (Phi) is 5.76. The van der Waals surface area contributed by atoms with Crippen molar-refractivity contribution in [3.8, 4) is 17.2 Å². The van der Waals surface area contributed by atoms with Gasteiger partial charge in [-0.05, 0) is 31.2 Å². The summed E-state index contributed by atoms with van der Waals surface area (Å²) in [6.07, 6.45) is 0. The summed E-state index contributed by atoms with van der Waals surface area (Å²) in [5.41, 5.74) is 3.81. The molecule has 2 aromatic carbocycles. The molecule has 0 saturated heterocycles. The molecular weight excluding hydrogens is 403 g/mol. The molecule has 136 valence electrons. The Morgan fingerprint density at radius 1 is 1.12 bits per heavy atom. The molecule has 0 aliphatic carbocycles. The third kappa shape index (κ3) is 4.33. The van der Waals surface area contributed by atoms with Crippen molar-refractivity contribution in [2.45, 2.75) is 6.92 Å². The third-order valence-corrected chi connectivity index (χ3v) is 4.49. The first kappa shape index (κ1) is 18.6. The van der Waals surface area contributed by atoms with Crippen LogP contribution in [0.15, 0.2) is 35.4 Å². The quantitative estimate of drug-likeness (QED) is 0.449. The van der Waals surface area contributed by atoms with Gasteiger partial charge in [0.25, 0.3) is 5.91 Å². The molecule has 1 amide bonds. The minimum Gasteiger partial charge on any atom is -0.482 e. The van der Waals surface area contributed by atoms with E-state index in [9.17, 15) is 4.79 Å². The van der Waals surface area contributed by atoms with Crippen molar-refractivity contribution < 1.29 is 19.0 Å². The van der Waals surface area contributed by atoms with E-state index in [2.05, 4.69) is 10.5 Å². The van der Waals surface area contributed by atoms with E-state index in [1.807, 2.05) is 6.07 Å². The number of halogens is 3. The number of rotatable bonds is 5. The Labute approximate surface area is 164 Å². The van der Waals surface area contributed by atoms with Crippen LogP contribution in [0.4, 0.5) is 0 Å². The number of fused-ring (bicyclic) bond motifs is 1. The van der Waals surface area contributed by atoms with E-state index in [4.69, 9.17) is 49.0 Å². The number of hydrogen-bond donors (Lipinski definition) is 1. The minimum atomic E-state index is -0.452. The normalized spacial score (nSPS) is 12.8. The third-order valence-electron chi connectivity index (χ3n) is 3.47. The van der Waals surface area contributed by atoms with Gasteiger partial charge in [0.2, 0.25) is 6.79 Å². The zero-order valence-corrected chi connectivity index (χ0v) is 15.8. The molecule has 1 N–H and O–H groups in total. The van der Waals surface area contributed by atoms with Gasteiger partial charge < -0.3 is 14.2 Å². The molecule has 9 heteroatoms. The Hall–Kier alpha value is -2.15. The summed E-state index contributed by atoms with van der Waals surface area (Å²) in [5, 5.41) is 4.89. The highest BCUT2D eigenvalue weighted by Crippen LogP contribution is 2.34. The Morgan fingerprint density at radius 2 is 1.85 bits per heavy atom. The van der Waals surface area contributed by atoms with Gasteiger partial charge in [0.1, 0.15) is 5.75 Å². The number of nitrogens with one attached hydrogen (secondary N) is 1. The van der Waals surface area contributed by atoms with E-state index in [0.717, 1.165) is 5.56 Å². The van der Waals surface area contributed by atoms with Gasteiger partial charge in [0.15, 0.2) is 18.1 Å². The van der Waals surface area contributed by atoms with Gasteiger partial charge in [-0.1, -0.05) is 34.8 Å². The van der Waals surface area contributed by atoms with Crippen molar-refractivity contribution >= 4 is 46.4 Å². The van der Waals surface area contributed by atoms with Crippen molar-refractivity contribution in [3.63, 3.8) is 0 Å². The molecule has 0 fully saturated rings. The van der Waals surface area contributed by atoms with Crippen molar-refractivity contribution in [2.24, 2.45) is 5.10 Å². The standard InChI is InChI=1S/C17H13Cl3N2O4/c1-9(10-2-3-14-16(4-10)26-8-25-14)21-22-17(23)7-24-15-6-12(19)11(18)5-13(15)20/h2-6H,7-8H2,1H3,(H,22,23). The molecule has 0 unspecified atom stereocenters. The van der Waals surface area contributed by atoms with E-state index >= 15 is 0 Å². The first-order chi connectivity index (χ1) is 12.4. The SMILES string of the molecule is CC(=NNC(=O)COc1cc(Cl)c(Cl)cc1Cl)c1ccc2c(c1)OCO2. The Bertz CT molecular complexity index is 887. The largest absolute Gasteiger partial charge is 0.482 e. The molecular formula is C17H13Cl3N2O4. The average molecular weight is 416 g/mol. The predicted molar refractivity (Wildman–Crippen MR) is 99.9 cm³/mol. The summed E-state index contributed by atoms with van der Waals surface area (Å²) in [5.74, 6) is 1.12. The topological polar surface area (TPSA) is 69.2 Å². The van der Waals surface area contributed by atoms with Gasteiger partial charge in [-0.2, -0.15) is 5.10 Å². The van der Waals surface area contributed by atoms with E-state index in [0.29, 0.717) is 22.2 Å². The van der Waals surface area contributed by atoms with Gasteiger partial charge in [0, 0.05) is 11.6 Å². The molecule has 1 heterocycles. The van der Waals surface area contributed by atoms with Gasteiger partial charge in [-0.15, -0.1) is 0 Å². The van der Waals surface area contributed by atoms with E-state index < -0.39 is 5.91 Å². The number of nitrogens with zero attached hydrogens (tertiary/aromatic N) is 1. The molecule has 0 saturated carbocycles. The van der Waals surface area contributed by atoms with E-state index in [-0.39, 0.29) is 29.2 Å². The second kappa shape index (κ2) is 8.03. The van der Waals surface area contributed by atoms with Crippen LogP contribution < -0.4 is 19.6 Å². The average Bonchev–Trinajstić information content (AvgIpc) is 3.09. The molecule has 0 atom stereocenters. The summed E-state index contributed by atoms with van der Waals surface area (Å²) in [4.78, 5) is 11.9. The number of hydrogen-bond acceptors (Lipinski definition) is 5. The Balaban J connectivity index is 1.58. The highest BCUT2D eigenvalue weighted by atomic mass is 35.5. The molecule has 6 nitrogen and oxygen atoms in total. The second-order valence-electron chi connectivity index (χ2n) is 5.29. The maximum absolute atomic E-state index is 11.9. The smallest absolute Gasteiger partial charge is 0.277 e. The first-order valence-electron chi connectivity index (χ1n) is 7.44. The number of hydrazone groups is 1. The summed E-state index contributed by atoms with van der Waals surface area (Å²) < 4.78 is 15.9. The van der Waals surface area contributed by atoms with Crippen LogP contribution in [0.5, 0.6) is 17.2 Å². The van der Waals surface area contributed by atoms with Gasteiger partial charge >= 0.3 is 0 Å². The van der Waals surface area contributed by atoms with E-state index in [1.165, 1.54) is 12.1 Å². The van der Waals surface area contributed by atoms with Gasteiger partial charge in [0.05, 0.1) is 20.8 Å². The molecule has 1 aliphatic rings. The zero-order valence-electron chi connectivity index (χ0n) is 13.5. The van der Waals surface area contributed by atoms with Crippen molar-refractivity contribution in [1.29, 1.82) is 0 Å². The molecule has 26 heavy (non-hydrogen) atoms. The van der Waals surface area contributed by atoms with Crippen molar-refractivity contribution in [3.05, 3.63) is 51.0 Å². The van der Waals surface area contributed by atoms with Crippen LogP contribution in [-0.2, 0) is 4.79 Å². The Morgan fingerprint density at radius 3 is 2.65 bits per heavy atom.